The summed E-state index contributed by atoms with van der Waals surface area (Å²) in [7, 11) is 3.29. The van der Waals surface area contributed by atoms with Crippen LogP contribution in [0.3, 0.4) is 0 Å². The minimum absolute atomic E-state index is 0. The molecule has 14 heteroatoms. The Morgan fingerprint density at radius 3 is 1.45 bits per heavy atom. The predicted octanol–water partition coefficient (Wildman–Crippen LogP) is 8.11. The van der Waals surface area contributed by atoms with Crippen molar-refractivity contribution in [1.82, 2.24) is 19.9 Å². The zero-order chi connectivity index (χ0) is 42.2. The molecule has 2 aliphatic rings. The molecule has 2 aliphatic heterocycles. The van der Waals surface area contributed by atoms with E-state index in [0.717, 1.165) is 49.1 Å². The Kier molecular flexibility index (Phi) is 18.1. The molecule has 8 bridgehead atoms. The van der Waals surface area contributed by atoms with E-state index in [4.69, 9.17) is 64.3 Å². The van der Waals surface area contributed by atoms with E-state index in [-0.39, 0.29) is 19.5 Å². The van der Waals surface area contributed by atoms with Crippen LogP contribution < -0.4 is 19.4 Å². The molecule has 0 N–H and O–H groups in total. The molecule has 316 valence electrons. The number of rotatable bonds is 22. The summed E-state index contributed by atoms with van der Waals surface area (Å²) >= 11 is 3.84. The number of fused-ring (bicyclic) bond motifs is 8. The number of terminal acetylenes is 1. The van der Waals surface area contributed by atoms with Crippen LogP contribution in [0.4, 0.5) is 0 Å². The zero-order valence-corrected chi connectivity index (χ0v) is 39.5. The van der Waals surface area contributed by atoms with E-state index < -0.39 is 0 Å². The first kappa shape index (κ1) is 46.6. The second-order valence-corrected chi connectivity index (χ2v) is 14.4. The van der Waals surface area contributed by atoms with Crippen LogP contribution >= 0.6 is 15.9 Å². The Balaban J connectivity index is 0.00000641. The van der Waals surface area contributed by atoms with E-state index in [1.807, 2.05) is 97.1 Å². The van der Waals surface area contributed by atoms with Gasteiger partial charge < -0.3 is 47.9 Å². The maximum atomic E-state index is 6.22. The van der Waals surface area contributed by atoms with E-state index in [1.165, 1.54) is 0 Å². The molecular formula is C48H47BrN4O8Zn. The number of halogens is 1. The largest absolute Gasteiger partial charge is 2.00 e. The summed E-state index contributed by atoms with van der Waals surface area (Å²) in [5, 5.41) is 0. The molecule has 7 rings (SSSR count). The van der Waals surface area contributed by atoms with E-state index in [0.29, 0.717) is 119 Å². The average molecular weight is 953 g/mol. The molecule has 0 spiro atoms. The summed E-state index contributed by atoms with van der Waals surface area (Å²) in [6, 6.07) is 23.6. The summed E-state index contributed by atoms with van der Waals surface area (Å²) in [6.45, 7) is 5.70. The van der Waals surface area contributed by atoms with Crippen molar-refractivity contribution in [3.8, 4) is 46.1 Å². The summed E-state index contributed by atoms with van der Waals surface area (Å²) in [5.41, 5.74) is 9.50. The van der Waals surface area contributed by atoms with Crippen molar-refractivity contribution < 1.29 is 57.4 Å². The van der Waals surface area contributed by atoms with Crippen LogP contribution in [0.15, 0.2) is 77.3 Å². The van der Waals surface area contributed by atoms with Crippen LogP contribution in [-0.4, -0.2) is 103 Å². The topological polar surface area (TPSA) is 128 Å². The second kappa shape index (κ2) is 24.1. The van der Waals surface area contributed by atoms with Gasteiger partial charge in [-0.25, -0.2) is 9.97 Å². The van der Waals surface area contributed by atoms with Crippen molar-refractivity contribution in [2.24, 2.45) is 0 Å². The van der Waals surface area contributed by atoms with Crippen molar-refractivity contribution in [1.29, 1.82) is 0 Å². The maximum absolute atomic E-state index is 6.22. The molecule has 5 heterocycles. The van der Waals surface area contributed by atoms with Gasteiger partial charge >= 0.3 is 19.5 Å². The van der Waals surface area contributed by atoms with Gasteiger partial charge in [0.25, 0.3) is 0 Å². The monoisotopic (exact) mass is 950 g/mol. The fourth-order valence-electron chi connectivity index (χ4n) is 6.64. The number of methoxy groups -OCH3 is 2. The van der Waals surface area contributed by atoms with Crippen LogP contribution in [-0.2, 0) is 47.9 Å². The minimum Gasteiger partial charge on any atom is -0.656 e. The summed E-state index contributed by atoms with van der Waals surface area (Å²) in [5.74, 6) is 4.25. The van der Waals surface area contributed by atoms with Gasteiger partial charge in [-0.2, -0.15) is 0 Å². The van der Waals surface area contributed by atoms with Crippen LogP contribution in [0.25, 0.3) is 68.6 Å². The molecule has 0 unspecified atom stereocenters. The Labute approximate surface area is 382 Å². The van der Waals surface area contributed by atoms with Gasteiger partial charge in [-0.05, 0) is 86.8 Å². The number of aromatic nitrogens is 4. The van der Waals surface area contributed by atoms with Crippen molar-refractivity contribution in [2.75, 3.05) is 93.5 Å². The van der Waals surface area contributed by atoms with Crippen molar-refractivity contribution >= 4 is 62.3 Å². The van der Waals surface area contributed by atoms with Crippen LogP contribution in [0, 0.1) is 12.3 Å². The fraction of sp³-hybridized carbons (Fsp3) is 0.292. The van der Waals surface area contributed by atoms with Gasteiger partial charge in [-0.1, -0.05) is 54.5 Å². The van der Waals surface area contributed by atoms with Crippen molar-refractivity contribution in [3.05, 3.63) is 106 Å². The van der Waals surface area contributed by atoms with Crippen LogP contribution in [0.1, 0.15) is 28.3 Å². The van der Waals surface area contributed by atoms with E-state index in [1.54, 1.807) is 14.2 Å². The number of nitrogens with zero attached hydrogens (tertiary/aromatic N) is 4. The Hall–Kier alpha value is -4.94. The first-order valence-corrected chi connectivity index (χ1v) is 20.8. The second-order valence-electron chi connectivity index (χ2n) is 13.6. The number of ether oxygens (including phenoxy) is 8. The molecular weight excluding hydrogens is 906 g/mol. The maximum Gasteiger partial charge on any atom is 2.00 e. The SMILES string of the molecule is C#Cc1c2nc(c(-c3cccc(OCCOCCOCCOC)c3)c3ccc([n-]3)c(Br)c3nc(c(-c4cccc(OCCOCCOCCOC)c4)c4ccc1[n-]4)C=C3)C=C2.[Zn+2]. The Morgan fingerprint density at radius 2 is 0.935 bits per heavy atom. The normalized spacial score (nSPS) is 11.7. The van der Waals surface area contributed by atoms with Gasteiger partial charge in [0.1, 0.15) is 24.7 Å². The third-order valence-electron chi connectivity index (χ3n) is 9.54. The smallest absolute Gasteiger partial charge is 0.656 e. The molecule has 0 amide bonds. The molecule has 62 heavy (non-hydrogen) atoms. The van der Waals surface area contributed by atoms with Gasteiger partial charge in [0.15, 0.2) is 0 Å². The molecule has 0 fully saturated rings. The third-order valence-corrected chi connectivity index (χ3v) is 10.3. The van der Waals surface area contributed by atoms with Gasteiger partial charge in [0, 0.05) is 24.3 Å². The molecule has 0 saturated carbocycles. The molecule has 5 aromatic rings. The summed E-state index contributed by atoms with van der Waals surface area (Å²) < 4.78 is 45.2. The predicted molar refractivity (Wildman–Crippen MR) is 241 cm³/mol. The van der Waals surface area contributed by atoms with Crippen LogP contribution in [0.2, 0.25) is 0 Å². The van der Waals surface area contributed by atoms with Gasteiger partial charge in [-0.3, -0.25) is 0 Å². The van der Waals surface area contributed by atoms with Crippen molar-refractivity contribution in [3.63, 3.8) is 0 Å². The summed E-state index contributed by atoms with van der Waals surface area (Å²) in [6.07, 6.45) is 14.1. The Morgan fingerprint density at radius 1 is 0.516 bits per heavy atom. The zero-order valence-electron chi connectivity index (χ0n) is 34.9. The van der Waals surface area contributed by atoms with Gasteiger partial charge in [0.2, 0.25) is 0 Å². The van der Waals surface area contributed by atoms with Crippen LogP contribution in [0.5, 0.6) is 11.5 Å². The Bertz CT molecular complexity index is 2480. The molecule has 12 nitrogen and oxygen atoms in total. The van der Waals surface area contributed by atoms with E-state index >= 15 is 0 Å². The van der Waals surface area contributed by atoms with E-state index in [9.17, 15) is 0 Å². The average Bonchev–Trinajstić information content (AvgIpc) is 4.13. The molecule has 0 atom stereocenters. The quantitative estimate of drug-likeness (QED) is 0.0370. The number of benzene rings is 2. The third kappa shape index (κ3) is 12.2. The molecule has 0 radical (unpaired) electrons. The molecule has 0 aliphatic carbocycles. The fourth-order valence-corrected chi connectivity index (χ4v) is 7.08. The van der Waals surface area contributed by atoms with Crippen molar-refractivity contribution in [2.45, 2.75) is 0 Å². The first-order valence-electron chi connectivity index (χ1n) is 20.0. The standard InChI is InChI=1S/C48H47BrN4O8.Zn/c1-4-37-38-11-13-40(50-38)46(33-7-5-9-35(31-33)60-29-27-58-25-23-56-21-19-54-2)42-15-17-44(52-42)48(49)45-18-16-43(53-45)47(41-14-12-39(37)51-41)34-8-6-10-36(32-34)61-30-28-59-26-24-57-22-20-55-3;/h1,5-18,31-32H,19-30H2,2-3H3;/q-2;+2. The minimum atomic E-state index is 0. The first-order chi connectivity index (χ1) is 30.1. The van der Waals surface area contributed by atoms with E-state index in [2.05, 4.69) is 21.9 Å². The number of hydrogen-bond donors (Lipinski definition) is 0. The number of hydrogen-bond acceptors (Lipinski definition) is 10. The summed E-state index contributed by atoms with van der Waals surface area (Å²) in [4.78, 5) is 20.4. The molecule has 3 aromatic heterocycles. The molecule has 0 saturated heterocycles. The van der Waals surface area contributed by atoms with Gasteiger partial charge in [0.05, 0.1) is 88.8 Å². The molecule has 2 aromatic carbocycles. The van der Waals surface area contributed by atoms with Gasteiger partial charge in [-0.15, -0.1) is 28.5 Å².